The van der Waals surface area contributed by atoms with Crippen molar-refractivity contribution in [2.75, 3.05) is 20.3 Å². The van der Waals surface area contributed by atoms with Crippen LogP contribution in [-0.4, -0.2) is 26.3 Å². The van der Waals surface area contributed by atoms with Gasteiger partial charge in [-0.15, -0.1) is 0 Å². The van der Waals surface area contributed by atoms with Gasteiger partial charge in [0.1, 0.15) is 0 Å². The summed E-state index contributed by atoms with van der Waals surface area (Å²) >= 11 is 0. The Morgan fingerprint density at radius 3 is 2.28 bits per heavy atom. The van der Waals surface area contributed by atoms with E-state index in [1.165, 1.54) is 13.2 Å². The van der Waals surface area contributed by atoms with Crippen LogP contribution in [0.5, 0.6) is 0 Å². The lowest BCUT2D eigenvalue weighted by molar-refractivity contribution is -0.158. The van der Waals surface area contributed by atoms with Gasteiger partial charge >= 0.3 is 5.97 Å². The normalized spacial score (nSPS) is 16.4. The Morgan fingerprint density at radius 2 is 1.68 bits per heavy atom. The molecule has 0 spiro atoms. The zero-order valence-electron chi connectivity index (χ0n) is 14.1. The van der Waals surface area contributed by atoms with Crippen LogP contribution >= 0.6 is 0 Å². The van der Waals surface area contributed by atoms with Crippen molar-refractivity contribution >= 4 is 5.97 Å². The minimum Gasteiger partial charge on any atom is -0.469 e. The molecule has 5 heteroatoms. The van der Waals surface area contributed by atoms with Crippen LogP contribution in [0.2, 0.25) is 0 Å². The molecule has 1 aliphatic heterocycles. The van der Waals surface area contributed by atoms with Gasteiger partial charge in [-0.3, -0.25) is 4.79 Å². The molecule has 2 aromatic rings. The summed E-state index contributed by atoms with van der Waals surface area (Å²) < 4.78 is 36.8. The van der Waals surface area contributed by atoms with Crippen molar-refractivity contribution in [1.29, 1.82) is 0 Å². The third kappa shape index (κ3) is 3.71. The Hall–Kier alpha value is -2.27. The summed E-state index contributed by atoms with van der Waals surface area (Å²) in [4.78, 5) is 12.3. The molecule has 3 rings (SSSR count). The lowest BCUT2D eigenvalue weighted by Crippen LogP contribution is -2.40. The topological polar surface area (TPSA) is 35.5 Å². The molecule has 25 heavy (non-hydrogen) atoms. The molecular formula is C20H20F2O3. The van der Waals surface area contributed by atoms with E-state index in [4.69, 9.17) is 9.47 Å². The number of hydrogen-bond donors (Lipinski definition) is 0. The average Bonchev–Trinajstić information content (AvgIpc) is 2.64. The van der Waals surface area contributed by atoms with Crippen molar-refractivity contribution in [2.45, 2.75) is 19.3 Å². The first kappa shape index (κ1) is 17.5. The zero-order valence-corrected chi connectivity index (χ0v) is 14.1. The van der Waals surface area contributed by atoms with E-state index in [9.17, 15) is 13.6 Å². The number of benzene rings is 2. The Morgan fingerprint density at radius 1 is 1.04 bits per heavy atom. The first-order valence-corrected chi connectivity index (χ1v) is 8.25. The molecule has 0 bridgehead atoms. The Labute approximate surface area is 145 Å². The summed E-state index contributed by atoms with van der Waals surface area (Å²) in [5.41, 5.74) is 1.84. The van der Waals surface area contributed by atoms with E-state index in [-0.39, 0.29) is 5.97 Å². The van der Waals surface area contributed by atoms with Gasteiger partial charge < -0.3 is 9.47 Å². The maximum absolute atomic E-state index is 13.4. The van der Waals surface area contributed by atoms with E-state index in [1.54, 1.807) is 6.07 Å². The summed E-state index contributed by atoms with van der Waals surface area (Å²) in [6, 6.07) is 11.4. The molecule has 2 aromatic carbocycles. The smallest absolute Gasteiger partial charge is 0.312 e. The Kier molecular flexibility index (Phi) is 5.13. The molecule has 0 aromatic heterocycles. The number of rotatable bonds is 4. The second kappa shape index (κ2) is 7.31. The predicted octanol–water partition coefficient (Wildman–Crippen LogP) is 4.14. The predicted molar refractivity (Wildman–Crippen MR) is 90.0 cm³/mol. The number of carbonyl (C=O) groups excluding carboxylic acids is 1. The third-order valence-electron chi connectivity index (χ3n) is 4.82. The largest absolute Gasteiger partial charge is 0.469 e. The molecule has 0 aliphatic carbocycles. The summed E-state index contributed by atoms with van der Waals surface area (Å²) in [5.74, 6) is -1.94. The van der Waals surface area contributed by atoms with Crippen LogP contribution in [0.1, 0.15) is 18.4 Å². The fourth-order valence-electron chi connectivity index (χ4n) is 3.31. The van der Waals surface area contributed by atoms with E-state index < -0.39 is 17.0 Å². The van der Waals surface area contributed by atoms with Gasteiger partial charge in [-0.05, 0) is 48.1 Å². The number of carbonyl (C=O) groups is 1. The molecule has 0 saturated carbocycles. The SMILES string of the molecule is COC(=O)C1(Cc2ccc(-c3ccc(F)c(F)c3)cc2)CCOCC1. The van der Waals surface area contributed by atoms with E-state index >= 15 is 0 Å². The lowest BCUT2D eigenvalue weighted by atomic mass is 9.75. The number of methoxy groups -OCH3 is 1. The molecule has 3 nitrogen and oxygen atoms in total. The van der Waals surface area contributed by atoms with Crippen molar-refractivity contribution in [3.63, 3.8) is 0 Å². The van der Waals surface area contributed by atoms with Gasteiger partial charge in [0.05, 0.1) is 12.5 Å². The van der Waals surface area contributed by atoms with Crippen molar-refractivity contribution < 1.29 is 23.0 Å². The standard InChI is InChI=1S/C20H20F2O3/c1-24-19(23)20(8-10-25-11-9-20)13-14-2-4-15(5-3-14)16-6-7-17(21)18(22)12-16/h2-7,12H,8-11,13H2,1H3. The molecule has 1 aliphatic rings. The first-order chi connectivity index (χ1) is 12.0. The Bertz CT molecular complexity index is 750. The van der Waals surface area contributed by atoms with E-state index in [2.05, 4.69) is 0 Å². The van der Waals surface area contributed by atoms with Crippen LogP contribution in [-0.2, 0) is 20.7 Å². The highest BCUT2D eigenvalue weighted by Crippen LogP contribution is 2.36. The molecule has 0 amide bonds. The van der Waals surface area contributed by atoms with Crippen molar-refractivity contribution in [3.05, 3.63) is 59.7 Å². The number of halogens is 2. The second-order valence-electron chi connectivity index (χ2n) is 6.39. The maximum atomic E-state index is 13.4. The molecule has 1 fully saturated rings. The molecule has 0 unspecified atom stereocenters. The van der Waals surface area contributed by atoms with Crippen LogP contribution < -0.4 is 0 Å². The van der Waals surface area contributed by atoms with Gasteiger partial charge in [0.2, 0.25) is 0 Å². The summed E-state index contributed by atoms with van der Waals surface area (Å²) in [5, 5.41) is 0. The van der Waals surface area contributed by atoms with Crippen LogP contribution in [0.15, 0.2) is 42.5 Å². The fraction of sp³-hybridized carbons (Fsp3) is 0.350. The van der Waals surface area contributed by atoms with Gasteiger partial charge in [-0.1, -0.05) is 30.3 Å². The quantitative estimate of drug-likeness (QED) is 0.781. The molecule has 132 valence electrons. The van der Waals surface area contributed by atoms with Crippen molar-refractivity contribution in [3.8, 4) is 11.1 Å². The summed E-state index contributed by atoms with van der Waals surface area (Å²) in [6.07, 6.45) is 1.83. The van der Waals surface area contributed by atoms with Crippen LogP contribution in [0.3, 0.4) is 0 Å². The minimum absolute atomic E-state index is 0.208. The van der Waals surface area contributed by atoms with Gasteiger partial charge in [0.25, 0.3) is 0 Å². The molecule has 0 radical (unpaired) electrons. The fourth-order valence-corrected chi connectivity index (χ4v) is 3.31. The highest BCUT2D eigenvalue weighted by atomic mass is 19.2. The van der Waals surface area contributed by atoms with Gasteiger partial charge in [-0.2, -0.15) is 0 Å². The average molecular weight is 346 g/mol. The molecule has 1 saturated heterocycles. The highest BCUT2D eigenvalue weighted by molar-refractivity contribution is 5.77. The van der Waals surface area contributed by atoms with Gasteiger partial charge in [-0.25, -0.2) is 8.78 Å². The monoisotopic (exact) mass is 346 g/mol. The van der Waals surface area contributed by atoms with Gasteiger partial charge in [0, 0.05) is 13.2 Å². The maximum Gasteiger partial charge on any atom is 0.312 e. The minimum atomic E-state index is -0.867. The van der Waals surface area contributed by atoms with Crippen LogP contribution in [0.25, 0.3) is 11.1 Å². The van der Waals surface area contributed by atoms with Crippen LogP contribution in [0.4, 0.5) is 8.78 Å². The summed E-state index contributed by atoms with van der Waals surface area (Å²) in [7, 11) is 1.41. The van der Waals surface area contributed by atoms with Gasteiger partial charge in [0.15, 0.2) is 11.6 Å². The van der Waals surface area contributed by atoms with Crippen molar-refractivity contribution in [2.24, 2.45) is 5.41 Å². The first-order valence-electron chi connectivity index (χ1n) is 8.25. The highest BCUT2D eigenvalue weighted by Gasteiger charge is 2.41. The molecule has 0 N–H and O–H groups in total. The summed E-state index contributed by atoms with van der Waals surface area (Å²) in [6.45, 7) is 1.09. The molecule has 1 heterocycles. The zero-order chi connectivity index (χ0) is 17.9. The number of hydrogen-bond acceptors (Lipinski definition) is 3. The number of ether oxygens (including phenoxy) is 2. The molecular weight excluding hydrogens is 326 g/mol. The van der Waals surface area contributed by atoms with E-state index in [1.807, 2.05) is 24.3 Å². The third-order valence-corrected chi connectivity index (χ3v) is 4.82. The second-order valence-corrected chi connectivity index (χ2v) is 6.39. The number of esters is 1. The molecule has 0 atom stereocenters. The van der Waals surface area contributed by atoms with E-state index in [0.717, 1.165) is 17.2 Å². The lowest BCUT2D eigenvalue weighted by Gasteiger charge is -2.34. The van der Waals surface area contributed by atoms with E-state index in [0.29, 0.717) is 38.0 Å². The van der Waals surface area contributed by atoms with Crippen molar-refractivity contribution in [1.82, 2.24) is 0 Å². The Balaban J connectivity index is 1.81. The van der Waals surface area contributed by atoms with Crippen LogP contribution in [0, 0.1) is 17.0 Å².